The molecule has 3 nitrogen and oxygen atoms in total. The number of hydrogen-bond donors (Lipinski definition) is 2. The molecule has 0 aliphatic carbocycles. The molecule has 0 heterocycles. The van der Waals surface area contributed by atoms with Crippen molar-refractivity contribution >= 4 is 22.8 Å². The number of carboxylic acid groups (broad SMARTS) is 1. The summed E-state index contributed by atoms with van der Waals surface area (Å²) in [5.74, 6) is -0.946. The SMILES string of the molecule is O=C(O)CC(O)C([AsH2])Cc1ccccc1. The van der Waals surface area contributed by atoms with Crippen LogP contribution in [0.4, 0.5) is 0 Å². The molecule has 0 bridgehead atoms. The standard InChI is InChI=1S/C11H15AsO3/c12-9(10(13)7-11(14)15)6-8-4-2-1-3-5-8/h1-5,9-10,13H,6-7,12H2,(H,14,15). The van der Waals surface area contributed by atoms with Crippen molar-refractivity contribution in [3.63, 3.8) is 0 Å². The first-order valence-corrected chi connectivity index (χ1v) is 6.19. The fraction of sp³-hybridized carbons (Fsp3) is 0.364. The molecule has 0 saturated heterocycles. The zero-order valence-electron chi connectivity index (χ0n) is 8.34. The Morgan fingerprint density at radius 1 is 1.33 bits per heavy atom. The number of benzene rings is 1. The molecule has 0 spiro atoms. The van der Waals surface area contributed by atoms with Crippen molar-refractivity contribution in [2.45, 2.75) is 23.7 Å². The fourth-order valence-corrected chi connectivity index (χ4v) is 2.21. The minimum absolute atomic E-state index is 0.0241. The van der Waals surface area contributed by atoms with Gasteiger partial charge in [0.25, 0.3) is 0 Å². The van der Waals surface area contributed by atoms with Crippen molar-refractivity contribution in [3.8, 4) is 0 Å². The van der Waals surface area contributed by atoms with Gasteiger partial charge in [-0.3, -0.25) is 0 Å². The average Bonchev–Trinajstić information content (AvgIpc) is 2.18. The van der Waals surface area contributed by atoms with Gasteiger partial charge in [-0.1, -0.05) is 0 Å². The molecule has 1 aromatic rings. The molecule has 4 heteroatoms. The van der Waals surface area contributed by atoms with Crippen LogP contribution in [0.15, 0.2) is 30.3 Å². The molecule has 2 N–H and O–H groups in total. The summed E-state index contributed by atoms with van der Waals surface area (Å²) >= 11 is 1.38. The van der Waals surface area contributed by atoms with Crippen LogP contribution in [0.3, 0.4) is 0 Å². The van der Waals surface area contributed by atoms with E-state index in [1.807, 2.05) is 30.3 Å². The molecular formula is C11H15AsO3. The van der Waals surface area contributed by atoms with E-state index in [0.717, 1.165) is 12.0 Å². The van der Waals surface area contributed by atoms with Crippen molar-refractivity contribution in [3.05, 3.63) is 35.9 Å². The number of aliphatic hydroxyl groups excluding tert-OH is 1. The third-order valence-corrected chi connectivity index (χ3v) is 3.62. The summed E-state index contributed by atoms with van der Waals surface area (Å²) in [7, 11) is 0. The Bertz CT molecular complexity index is 313. The summed E-state index contributed by atoms with van der Waals surface area (Å²) in [5, 5.41) is 18.1. The van der Waals surface area contributed by atoms with E-state index in [2.05, 4.69) is 0 Å². The molecule has 0 aliphatic heterocycles. The number of carbonyl (C=O) groups is 1. The third kappa shape index (κ3) is 4.50. The monoisotopic (exact) mass is 270 g/mol. The maximum atomic E-state index is 10.4. The molecular weight excluding hydrogens is 255 g/mol. The van der Waals surface area contributed by atoms with E-state index in [9.17, 15) is 9.90 Å². The van der Waals surface area contributed by atoms with Gasteiger partial charge in [0.15, 0.2) is 0 Å². The number of carboxylic acids is 1. The predicted molar refractivity (Wildman–Crippen MR) is 60.7 cm³/mol. The van der Waals surface area contributed by atoms with Gasteiger partial charge in [0, 0.05) is 0 Å². The summed E-state index contributed by atoms with van der Waals surface area (Å²) in [6.45, 7) is 0. The van der Waals surface area contributed by atoms with Gasteiger partial charge in [-0.05, 0) is 0 Å². The van der Waals surface area contributed by atoms with Gasteiger partial charge in [-0.25, -0.2) is 0 Å². The zero-order valence-corrected chi connectivity index (χ0v) is 10.8. The first-order chi connectivity index (χ1) is 7.09. The second-order valence-electron chi connectivity index (χ2n) is 3.52. The number of aliphatic hydroxyl groups is 1. The van der Waals surface area contributed by atoms with Crippen molar-refractivity contribution in [1.29, 1.82) is 0 Å². The molecule has 0 radical (unpaired) electrons. The van der Waals surface area contributed by atoms with Crippen LogP contribution in [0.5, 0.6) is 0 Å². The zero-order chi connectivity index (χ0) is 11.3. The van der Waals surface area contributed by atoms with Gasteiger partial charge < -0.3 is 0 Å². The Hall–Kier alpha value is -0.792. The van der Waals surface area contributed by atoms with E-state index in [0.29, 0.717) is 0 Å². The van der Waals surface area contributed by atoms with Crippen LogP contribution in [-0.2, 0) is 11.2 Å². The molecule has 3 unspecified atom stereocenters. The molecule has 15 heavy (non-hydrogen) atoms. The summed E-state index contributed by atoms with van der Waals surface area (Å²) in [6.07, 6.45) is -0.187. The van der Waals surface area contributed by atoms with E-state index < -0.39 is 12.1 Å². The van der Waals surface area contributed by atoms with E-state index in [1.165, 1.54) is 16.9 Å². The van der Waals surface area contributed by atoms with Crippen LogP contribution in [0, 0.1) is 0 Å². The third-order valence-electron chi connectivity index (χ3n) is 2.19. The van der Waals surface area contributed by atoms with Gasteiger partial charge in [0.05, 0.1) is 0 Å². The molecule has 3 atom stereocenters. The molecule has 0 amide bonds. The quantitative estimate of drug-likeness (QED) is 0.765. The van der Waals surface area contributed by atoms with E-state index in [1.54, 1.807) is 0 Å². The molecule has 82 valence electrons. The number of rotatable bonds is 5. The predicted octanol–water partition coefficient (Wildman–Crippen LogP) is 0.486. The first-order valence-electron chi connectivity index (χ1n) is 4.79. The van der Waals surface area contributed by atoms with Crippen LogP contribution >= 0.6 is 0 Å². The second kappa shape index (κ2) is 5.94. The summed E-state index contributed by atoms with van der Waals surface area (Å²) in [6, 6.07) is 9.80. The summed E-state index contributed by atoms with van der Waals surface area (Å²) in [4.78, 5) is 10.4. The van der Waals surface area contributed by atoms with Gasteiger partial charge in [-0.15, -0.1) is 0 Å². The second-order valence-corrected chi connectivity index (χ2v) is 5.32. The van der Waals surface area contributed by atoms with Gasteiger partial charge in [-0.2, -0.15) is 0 Å². The fourth-order valence-electron chi connectivity index (χ4n) is 1.35. The van der Waals surface area contributed by atoms with Crippen molar-refractivity contribution in [2.75, 3.05) is 0 Å². The van der Waals surface area contributed by atoms with Crippen LogP contribution in [0.25, 0.3) is 0 Å². The molecule has 0 fully saturated rings. The molecule has 1 rings (SSSR count). The van der Waals surface area contributed by atoms with E-state index >= 15 is 0 Å². The van der Waals surface area contributed by atoms with E-state index in [4.69, 9.17) is 5.11 Å². The van der Waals surface area contributed by atoms with Crippen molar-refractivity contribution < 1.29 is 15.0 Å². The Morgan fingerprint density at radius 2 is 1.93 bits per heavy atom. The Labute approximate surface area is 97.6 Å². The topological polar surface area (TPSA) is 57.5 Å². The summed E-state index contributed by atoms with van der Waals surface area (Å²) < 4.78 is 0.0241. The van der Waals surface area contributed by atoms with Crippen LogP contribution in [0.2, 0.25) is 4.71 Å². The maximum absolute atomic E-state index is 10.4. The molecule has 0 saturated carbocycles. The number of hydrogen-bond acceptors (Lipinski definition) is 2. The minimum atomic E-state index is -0.946. The van der Waals surface area contributed by atoms with Crippen LogP contribution in [-0.4, -0.2) is 39.1 Å². The van der Waals surface area contributed by atoms with Gasteiger partial charge in [0.2, 0.25) is 0 Å². The normalized spacial score (nSPS) is 14.5. The van der Waals surface area contributed by atoms with Crippen molar-refractivity contribution in [1.82, 2.24) is 0 Å². The van der Waals surface area contributed by atoms with Crippen LogP contribution < -0.4 is 0 Å². The Morgan fingerprint density at radius 3 is 2.47 bits per heavy atom. The van der Waals surface area contributed by atoms with Crippen molar-refractivity contribution in [2.24, 2.45) is 0 Å². The molecule has 0 aromatic heterocycles. The van der Waals surface area contributed by atoms with Gasteiger partial charge >= 0.3 is 97.4 Å². The Balaban J connectivity index is 2.48. The average molecular weight is 270 g/mol. The van der Waals surface area contributed by atoms with E-state index in [-0.39, 0.29) is 11.1 Å². The van der Waals surface area contributed by atoms with Gasteiger partial charge in [0.1, 0.15) is 0 Å². The molecule has 1 aromatic carbocycles. The summed E-state index contributed by atoms with van der Waals surface area (Å²) in [5.41, 5.74) is 1.14. The first kappa shape index (κ1) is 12.3. The molecule has 0 aliphatic rings. The van der Waals surface area contributed by atoms with Crippen LogP contribution in [0.1, 0.15) is 12.0 Å². The Kier molecular flexibility index (Phi) is 4.86. The number of aliphatic carboxylic acids is 1.